The zero-order valence-corrected chi connectivity index (χ0v) is 17.6. The summed E-state index contributed by atoms with van der Waals surface area (Å²) in [5.74, 6) is -0.559. The molecule has 2 saturated heterocycles. The predicted octanol–water partition coefficient (Wildman–Crippen LogP) is 2.01. The van der Waals surface area contributed by atoms with E-state index in [0.717, 1.165) is 44.7 Å². The van der Waals surface area contributed by atoms with Crippen LogP contribution in [-0.4, -0.2) is 84.2 Å². The molecular formula is C22H34N4O3. The Hall–Kier alpha value is -2.12. The van der Waals surface area contributed by atoms with E-state index in [1.807, 2.05) is 36.1 Å². The van der Waals surface area contributed by atoms with Crippen molar-refractivity contribution < 1.29 is 14.7 Å². The van der Waals surface area contributed by atoms with Gasteiger partial charge in [-0.15, -0.1) is 0 Å². The molecule has 160 valence electrons. The summed E-state index contributed by atoms with van der Waals surface area (Å²) in [6.07, 6.45) is 1.69. The topological polar surface area (TPSA) is 76.1 Å². The summed E-state index contributed by atoms with van der Waals surface area (Å²) >= 11 is 0. The van der Waals surface area contributed by atoms with Crippen LogP contribution in [0.4, 0.5) is 4.79 Å². The highest BCUT2D eigenvalue weighted by molar-refractivity contribution is 5.74. The first-order valence-corrected chi connectivity index (χ1v) is 10.6. The van der Waals surface area contributed by atoms with Crippen molar-refractivity contribution in [2.24, 2.45) is 5.92 Å². The lowest BCUT2D eigenvalue weighted by Gasteiger charge is -2.46. The highest BCUT2D eigenvalue weighted by atomic mass is 16.4. The van der Waals surface area contributed by atoms with Crippen molar-refractivity contribution >= 4 is 12.0 Å². The Balaban J connectivity index is 1.57. The number of carbonyl (C=O) groups excluding carboxylic acids is 1. The van der Waals surface area contributed by atoms with E-state index in [4.69, 9.17) is 5.11 Å². The third kappa shape index (κ3) is 6.18. The predicted molar refractivity (Wildman–Crippen MR) is 113 cm³/mol. The van der Waals surface area contributed by atoms with Crippen LogP contribution in [0.25, 0.3) is 0 Å². The van der Waals surface area contributed by atoms with Crippen molar-refractivity contribution in [3.8, 4) is 0 Å². The summed E-state index contributed by atoms with van der Waals surface area (Å²) in [4.78, 5) is 30.6. The zero-order chi connectivity index (χ0) is 20.8. The molecular weight excluding hydrogens is 368 g/mol. The molecule has 0 saturated carbocycles. The minimum Gasteiger partial charge on any atom is -0.481 e. The number of amides is 2. The van der Waals surface area contributed by atoms with Gasteiger partial charge in [-0.25, -0.2) is 4.79 Å². The Morgan fingerprint density at radius 2 is 1.79 bits per heavy atom. The maximum atomic E-state index is 12.7. The van der Waals surface area contributed by atoms with Crippen LogP contribution in [0.5, 0.6) is 0 Å². The fourth-order valence-corrected chi connectivity index (χ4v) is 4.43. The number of piperazine rings is 1. The van der Waals surface area contributed by atoms with Crippen LogP contribution in [0, 0.1) is 12.8 Å². The molecule has 7 nitrogen and oxygen atoms in total. The van der Waals surface area contributed by atoms with Gasteiger partial charge in [0.05, 0.1) is 0 Å². The fourth-order valence-electron chi connectivity index (χ4n) is 4.43. The monoisotopic (exact) mass is 402 g/mol. The summed E-state index contributed by atoms with van der Waals surface area (Å²) in [7, 11) is 2.14. The number of hydrogen-bond donors (Lipinski definition) is 2. The summed E-state index contributed by atoms with van der Waals surface area (Å²) < 4.78 is 0. The van der Waals surface area contributed by atoms with Crippen molar-refractivity contribution in [2.45, 2.75) is 38.8 Å². The maximum Gasteiger partial charge on any atom is 0.317 e. The molecule has 1 aromatic carbocycles. The van der Waals surface area contributed by atoms with Crippen molar-refractivity contribution in [3.05, 3.63) is 35.4 Å². The number of aryl methyl sites for hydroxylation is 1. The summed E-state index contributed by atoms with van der Waals surface area (Å²) in [5.41, 5.74) is 2.28. The van der Waals surface area contributed by atoms with E-state index in [0.29, 0.717) is 25.6 Å². The first kappa shape index (κ1) is 21.6. The van der Waals surface area contributed by atoms with Gasteiger partial charge in [0.1, 0.15) is 0 Å². The van der Waals surface area contributed by atoms with E-state index in [2.05, 4.69) is 22.2 Å². The number of aliphatic carboxylic acids is 1. The molecule has 0 radical (unpaired) electrons. The molecule has 7 heteroatoms. The molecule has 3 rings (SSSR count). The molecule has 2 heterocycles. The molecule has 2 aliphatic rings. The average molecular weight is 403 g/mol. The number of nitrogens with one attached hydrogen (secondary N) is 1. The molecule has 2 aliphatic heterocycles. The minimum absolute atomic E-state index is 0.0530. The molecule has 2 N–H and O–H groups in total. The molecule has 0 aromatic heterocycles. The van der Waals surface area contributed by atoms with Gasteiger partial charge in [0.25, 0.3) is 0 Å². The number of rotatable bonds is 6. The van der Waals surface area contributed by atoms with Crippen molar-refractivity contribution in [1.29, 1.82) is 0 Å². The first-order chi connectivity index (χ1) is 13.9. The van der Waals surface area contributed by atoms with Crippen LogP contribution < -0.4 is 5.32 Å². The largest absolute Gasteiger partial charge is 0.481 e. The maximum absolute atomic E-state index is 12.7. The van der Waals surface area contributed by atoms with Gasteiger partial charge in [0.15, 0.2) is 0 Å². The minimum atomic E-state index is -0.761. The molecule has 2 amide bonds. The number of likely N-dealkylation sites (N-methyl/N-ethyl adjacent to an activating group) is 1. The number of carboxylic acids is 1. The van der Waals surface area contributed by atoms with E-state index < -0.39 is 5.97 Å². The van der Waals surface area contributed by atoms with Crippen molar-refractivity contribution in [1.82, 2.24) is 20.0 Å². The molecule has 1 aromatic rings. The second kappa shape index (κ2) is 10.1. The van der Waals surface area contributed by atoms with Gasteiger partial charge in [-0.1, -0.05) is 29.8 Å². The molecule has 2 fully saturated rings. The Morgan fingerprint density at radius 1 is 1.10 bits per heavy atom. The molecule has 29 heavy (non-hydrogen) atoms. The van der Waals surface area contributed by atoms with Crippen molar-refractivity contribution in [2.75, 3.05) is 46.3 Å². The number of urea groups is 1. The summed E-state index contributed by atoms with van der Waals surface area (Å²) in [6.45, 7) is 8.03. The lowest BCUT2D eigenvalue weighted by atomic mass is 9.86. The number of hydrogen-bond acceptors (Lipinski definition) is 4. The number of piperidine rings is 1. The van der Waals surface area contributed by atoms with Gasteiger partial charge in [-0.05, 0) is 38.3 Å². The van der Waals surface area contributed by atoms with Crippen LogP contribution in [0.3, 0.4) is 0 Å². The van der Waals surface area contributed by atoms with E-state index in [1.165, 1.54) is 5.56 Å². The SMILES string of the molecule is Cc1ccc(CNC(=O)N2CC[C@@H](N3CCN(C)CC3)[C@@H](CCC(=O)O)C2)cc1. The lowest BCUT2D eigenvalue weighted by Crippen LogP contribution is -2.57. The summed E-state index contributed by atoms with van der Waals surface area (Å²) in [6, 6.07) is 8.47. The van der Waals surface area contributed by atoms with E-state index in [9.17, 15) is 9.59 Å². The highest BCUT2D eigenvalue weighted by Crippen LogP contribution is 2.27. The fraction of sp³-hybridized carbons (Fsp3) is 0.636. The van der Waals surface area contributed by atoms with Crippen LogP contribution >= 0.6 is 0 Å². The van der Waals surface area contributed by atoms with Gasteiger partial charge < -0.3 is 20.2 Å². The second-order valence-electron chi connectivity index (χ2n) is 8.48. The number of nitrogens with zero attached hydrogens (tertiary/aromatic N) is 3. The number of carbonyl (C=O) groups is 2. The Bertz CT molecular complexity index is 686. The Morgan fingerprint density at radius 3 is 2.45 bits per heavy atom. The number of likely N-dealkylation sites (tertiary alicyclic amines) is 1. The van der Waals surface area contributed by atoms with Gasteiger partial charge in [0.2, 0.25) is 0 Å². The second-order valence-corrected chi connectivity index (χ2v) is 8.48. The Kier molecular flexibility index (Phi) is 7.50. The van der Waals surface area contributed by atoms with Gasteiger partial charge >= 0.3 is 12.0 Å². The zero-order valence-electron chi connectivity index (χ0n) is 17.6. The molecule has 0 aliphatic carbocycles. The summed E-state index contributed by atoms with van der Waals surface area (Å²) in [5, 5.41) is 12.2. The lowest BCUT2D eigenvalue weighted by molar-refractivity contribution is -0.137. The van der Waals surface area contributed by atoms with Crippen LogP contribution in [-0.2, 0) is 11.3 Å². The van der Waals surface area contributed by atoms with Gasteiger partial charge in [0, 0.05) is 58.3 Å². The smallest absolute Gasteiger partial charge is 0.317 e. The van der Waals surface area contributed by atoms with E-state index in [1.54, 1.807) is 0 Å². The Labute approximate surface area is 173 Å². The third-order valence-electron chi connectivity index (χ3n) is 6.28. The first-order valence-electron chi connectivity index (χ1n) is 10.6. The van der Waals surface area contributed by atoms with Crippen LogP contribution in [0.1, 0.15) is 30.4 Å². The number of benzene rings is 1. The third-order valence-corrected chi connectivity index (χ3v) is 6.28. The molecule has 0 unspecified atom stereocenters. The highest BCUT2D eigenvalue weighted by Gasteiger charge is 2.35. The number of carboxylic acid groups (broad SMARTS) is 1. The van der Waals surface area contributed by atoms with E-state index >= 15 is 0 Å². The van der Waals surface area contributed by atoms with Crippen LogP contribution in [0.2, 0.25) is 0 Å². The van der Waals surface area contributed by atoms with Gasteiger partial charge in [-0.2, -0.15) is 0 Å². The van der Waals surface area contributed by atoms with E-state index in [-0.39, 0.29) is 18.4 Å². The average Bonchev–Trinajstić information content (AvgIpc) is 2.72. The van der Waals surface area contributed by atoms with Crippen molar-refractivity contribution in [3.63, 3.8) is 0 Å². The molecule has 0 spiro atoms. The van der Waals surface area contributed by atoms with Gasteiger partial charge in [-0.3, -0.25) is 9.69 Å². The molecule has 2 atom stereocenters. The standard InChI is InChI=1S/C22H34N4O3/c1-17-3-5-18(6-4-17)15-23-22(29)26-10-9-20(19(16-26)7-8-21(27)28)25-13-11-24(2)12-14-25/h3-6,19-20H,7-16H2,1-2H3,(H,23,29)(H,27,28)/t19-,20+/m0/s1. The quantitative estimate of drug-likeness (QED) is 0.761. The molecule has 0 bridgehead atoms. The van der Waals surface area contributed by atoms with Crippen LogP contribution in [0.15, 0.2) is 24.3 Å². The normalized spacial score (nSPS) is 23.7.